The van der Waals surface area contributed by atoms with Crippen molar-refractivity contribution in [1.29, 1.82) is 0 Å². The number of hydrogen-bond donors (Lipinski definition) is 1. The largest absolute Gasteiger partial charge is 0.469 e. The van der Waals surface area contributed by atoms with Gasteiger partial charge in [0.2, 0.25) is 0 Å². The molecule has 1 fully saturated rings. The molecule has 0 saturated carbocycles. The lowest BCUT2D eigenvalue weighted by atomic mass is 9.99. The van der Waals surface area contributed by atoms with Gasteiger partial charge in [0.05, 0.1) is 25.4 Å². The first-order chi connectivity index (χ1) is 9.69. The maximum absolute atomic E-state index is 11.0. The Kier molecular flexibility index (Phi) is 5.21. The highest BCUT2D eigenvalue weighted by Gasteiger charge is 2.16. The Morgan fingerprint density at radius 1 is 1.45 bits per heavy atom. The number of nitrogens with zero attached hydrogens (tertiary/aromatic N) is 2. The van der Waals surface area contributed by atoms with E-state index in [-0.39, 0.29) is 5.97 Å². The fraction of sp³-hybridized carbons (Fsp3) is 0.600. The molecule has 1 saturated heterocycles. The van der Waals surface area contributed by atoms with Gasteiger partial charge in [-0.2, -0.15) is 0 Å². The van der Waals surface area contributed by atoms with Crippen LogP contribution in [0.2, 0.25) is 0 Å². The maximum Gasteiger partial charge on any atom is 0.307 e. The van der Waals surface area contributed by atoms with Crippen molar-refractivity contribution < 1.29 is 9.53 Å². The van der Waals surface area contributed by atoms with E-state index < -0.39 is 0 Å². The zero-order valence-corrected chi connectivity index (χ0v) is 12.3. The second kappa shape index (κ2) is 7.12. The number of aromatic nitrogens is 1. The number of carbonyl (C=O) groups is 1. The van der Waals surface area contributed by atoms with E-state index in [1.165, 1.54) is 20.0 Å². The van der Waals surface area contributed by atoms with Crippen molar-refractivity contribution in [3.8, 4) is 0 Å². The normalized spacial score (nSPS) is 16.0. The standard InChI is InChI=1S/C15H23N3O2/c1-12-6-9-18(10-7-12)14-4-3-13(11-17-14)16-8-5-15(19)20-2/h3-4,11-12,16H,5-10H2,1-2H3. The van der Waals surface area contributed by atoms with Crippen LogP contribution in [0, 0.1) is 5.92 Å². The van der Waals surface area contributed by atoms with Crippen LogP contribution in [0.1, 0.15) is 26.2 Å². The van der Waals surface area contributed by atoms with E-state index in [1.807, 2.05) is 18.3 Å². The van der Waals surface area contributed by atoms with Crippen LogP contribution in [0.5, 0.6) is 0 Å². The summed E-state index contributed by atoms with van der Waals surface area (Å²) in [5.74, 6) is 1.66. The Morgan fingerprint density at radius 3 is 2.80 bits per heavy atom. The Hall–Kier alpha value is -1.78. The average molecular weight is 277 g/mol. The number of methoxy groups -OCH3 is 1. The van der Waals surface area contributed by atoms with Gasteiger partial charge in [-0.15, -0.1) is 0 Å². The van der Waals surface area contributed by atoms with Crippen molar-refractivity contribution in [3.05, 3.63) is 18.3 Å². The third-order valence-corrected chi connectivity index (χ3v) is 3.74. The van der Waals surface area contributed by atoms with Gasteiger partial charge < -0.3 is 15.0 Å². The molecule has 20 heavy (non-hydrogen) atoms. The number of pyridine rings is 1. The third-order valence-electron chi connectivity index (χ3n) is 3.74. The van der Waals surface area contributed by atoms with Crippen LogP contribution in [0.3, 0.4) is 0 Å². The first kappa shape index (κ1) is 14.6. The lowest BCUT2D eigenvalue weighted by Gasteiger charge is -2.31. The van der Waals surface area contributed by atoms with Crippen molar-refractivity contribution in [1.82, 2.24) is 4.98 Å². The molecule has 0 radical (unpaired) electrons. The summed E-state index contributed by atoms with van der Waals surface area (Å²) < 4.78 is 4.59. The van der Waals surface area contributed by atoms with Gasteiger partial charge in [-0.3, -0.25) is 4.79 Å². The molecule has 1 aliphatic rings. The molecule has 1 N–H and O–H groups in total. The van der Waals surface area contributed by atoms with Gasteiger partial charge in [0.15, 0.2) is 0 Å². The summed E-state index contributed by atoms with van der Waals surface area (Å²) >= 11 is 0. The van der Waals surface area contributed by atoms with Crippen LogP contribution in [-0.2, 0) is 9.53 Å². The summed E-state index contributed by atoms with van der Waals surface area (Å²) in [5, 5.41) is 3.17. The van der Waals surface area contributed by atoms with E-state index >= 15 is 0 Å². The van der Waals surface area contributed by atoms with E-state index in [0.29, 0.717) is 13.0 Å². The van der Waals surface area contributed by atoms with E-state index in [2.05, 4.69) is 26.9 Å². The molecular formula is C15H23N3O2. The number of anilines is 2. The highest BCUT2D eigenvalue weighted by molar-refractivity contribution is 5.69. The molecule has 1 aromatic rings. The smallest absolute Gasteiger partial charge is 0.307 e. The number of ether oxygens (including phenoxy) is 1. The molecule has 0 atom stereocenters. The average Bonchev–Trinajstić information content (AvgIpc) is 2.48. The molecule has 1 aromatic heterocycles. The van der Waals surface area contributed by atoms with Gasteiger partial charge in [-0.05, 0) is 30.9 Å². The van der Waals surface area contributed by atoms with Crippen molar-refractivity contribution in [2.24, 2.45) is 5.92 Å². The number of rotatable bonds is 5. The van der Waals surface area contributed by atoms with Gasteiger partial charge in [0, 0.05) is 19.6 Å². The predicted octanol–water partition coefficient (Wildman–Crippen LogP) is 2.29. The molecule has 0 bridgehead atoms. The molecule has 0 aliphatic carbocycles. The number of hydrogen-bond acceptors (Lipinski definition) is 5. The van der Waals surface area contributed by atoms with Crippen LogP contribution >= 0.6 is 0 Å². The summed E-state index contributed by atoms with van der Waals surface area (Å²) in [5.41, 5.74) is 0.933. The van der Waals surface area contributed by atoms with Gasteiger partial charge in [0.1, 0.15) is 5.82 Å². The summed E-state index contributed by atoms with van der Waals surface area (Å²) in [6.07, 6.45) is 4.66. The van der Waals surface area contributed by atoms with Crippen LogP contribution in [0.25, 0.3) is 0 Å². The Balaban J connectivity index is 1.82. The van der Waals surface area contributed by atoms with E-state index in [1.54, 1.807) is 0 Å². The lowest BCUT2D eigenvalue weighted by molar-refractivity contribution is -0.140. The molecule has 2 heterocycles. The molecule has 2 rings (SSSR count). The van der Waals surface area contributed by atoms with Crippen molar-refractivity contribution in [2.75, 3.05) is 37.0 Å². The SMILES string of the molecule is COC(=O)CCNc1ccc(N2CCC(C)CC2)nc1. The summed E-state index contributed by atoms with van der Waals surface area (Å²) in [6.45, 7) is 5.04. The Bertz CT molecular complexity index is 425. The number of nitrogens with one attached hydrogen (secondary N) is 1. The van der Waals surface area contributed by atoms with Crippen molar-refractivity contribution >= 4 is 17.5 Å². The predicted molar refractivity (Wildman–Crippen MR) is 80.0 cm³/mol. The highest BCUT2D eigenvalue weighted by Crippen LogP contribution is 2.22. The quantitative estimate of drug-likeness (QED) is 0.837. The fourth-order valence-corrected chi connectivity index (χ4v) is 2.33. The summed E-state index contributed by atoms with van der Waals surface area (Å²) in [4.78, 5) is 17.8. The minimum absolute atomic E-state index is 0.204. The van der Waals surface area contributed by atoms with Crippen LogP contribution in [0.15, 0.2) is 18.3 Å². The second-order valence-electron chi connectivity index (χ2n) is 5.33. The lowest BCUT2D eigenvalue weighted by Crippen LogP contribution is -2.33. The number of carbonyl (C=O) groups excluding carboxylic acids is 1. The first-order valence-electron chi connectivity index (χ1n) is 7.20. The summed E-state index contributed by atoms with van der Waals surface area (Å²) in [7, 11) is 1.40. The number of esters is 1. The molecule has 110 valence electrons. The molecular weight excluding hydrogens is 254 g/mol. The zero-order chi connectivity index (χ0) is 14.4. The monoisotopic (exact) mass is 277 g/mol. The van der Waals surface area contributed by atoms with Crippen LogP contribution in [0.4, 0.5) is 11.5 Å². The molecule has 5 nitrogen and oxygen atoms in total. The minimum atomic E-state index is -0.204. The van der Waals surface area contributed by atoms with E-state index in [4.69, 9.17) is 0 Å². The summed E-state index contributed by atoms with van der Waals surface area (Å²) in [6, 6.07) is 4.05. The fourth-order valence-electron chi connectivity index (χ4n) is 2.33. The maximum atomic E-state index is 11.0. The highest BCUT2D eigenvalue weighted by atomic mass is 16.5. The number of piperidine rings is 1. The third kappa shape index (κ3) is 4.11. The van der Waals surface area contributed by atoms with Crippen LogP contribution < -0.4 is 10.2 Å². The van der Waals surface area contributed by atoms with E-state index in [0.717, 1.165) is 30.5 Å². The zero-order valence-electron chi connectivity index (χ0n) is 12.3. The molecule has 1 aliphatic heterocycles. The van der Waals surface area contributed by atoms with Crippen LogP contribution in [-0.4, -0.2) is 37.7 Å². The van der Waals surface area contributed by atoms with Crippen molar-refractivity contribution in [3.63, 3.8) is 0 Å². The minimum Gasteiger partial charge on any atom is -0.469 e. The van der Waals surface area contributed by atoms with Gasteiger partial charge in [-0.1, -0.05) is 6.92 Å². The molecule has 0 unspecified atom stereocenters. The van der Waals surface area contributed by atoms with Crippen molar-refractivity contribution in [2.45, 2.75) is 26.2 Å². The van der Waals surface area contributed by atoms with E-state index in [9.17, 15) is 4.79 Å². The second-order valence-corrected chi connectivity index (χ2v) is 5.33. The molecule has 5 heteroatoms. The molecule has 0 aromatic carbocycles. The Labute approximate surface area is 120 Å². The van der Waals surface area contributed by atoms with Gasteiger partial charge in [0.25, 0.3) is 0 Å². The molecule has 0 spiro atoms. The van der Waals surface area contributed by atoms with Gasteiger partial charge in [-0.25, -0.2) is 4.98 Å². The van der Waals surface area contributed by atoms with Gasteiger partial charge >= 0.3 is 5.97 Å². The molecule has 0 amide bonds. The first-order valence-corrected chi connectivity index (χ1v) is 7.20. The Morgan fingerprint density at radius 2 is 2.20 bits per heavy atom. The topological polar surface area (TPSA) is 54.5 Å².